The Hall–Kier alpha value is -2.07. The molecule has 2 N–H and O–H groups in total. The summed E-state index contributed by atoms with van der Waals surface area (Å²) in [5.74, 6) is 0.118. The van der Waals surface area contributed by atoms with Crippen LogP contribution >= 0.6 is 11.6 Å². The van der Waals surface area contributed by atoms with E-state index in [0.717, 1.165) is 11.0 Å². The molecule has 0 aliphatic carbocycles. The van der Waals surface area contributed by atoms with Gasteiger partial charge in [0.2, 0.25) is 0 Å². The molecule has 1 heterocycles. The zero-order chi connectivity index (χ0) is 15.1. The maximum absolute atomic E-state index is 14.2. The van der Waals surface area contributed by atoms with Gasteiger partial charge in [0.05, 0.1) is 21.6 Å². The minimum absolute atomic E-state index is 0.0731. The van der Waals surface area contributed by atoms with Crippen LogP contribution in [-0.2, 0) is 0 Å². The largest absolute Gasteiger partial charge is 0.398 e. The first-order valence-corrected chi connectivity index (χ1v) is 7.09. The summed E-state index contributed by atoms with van der Waals surface area (Å²) in [7, 11) is 0. The molecule has 5 heteroatoms. The van der Waals surface area contributed by atoms with Gasteiger partial charge in [-0.25, -0.2) is 9.37 Å². The molecule has 3 rings (SSSR count). The number of anilines is 1. The number of nitrogens with two attached hydrogens (primary N) is 1. The van der Waals surface area contributed by atoms with Crippen molar-refractivity contribution in [2.45, 2.75) is 19.9 Å². The van der Waals surface area contributed by atoms with Crippen molar-refractivity contribution < 1.29 is 4.39 Å². The van der Waals surface area contributed by atoms with Gasteiger partial charge in [-0.2, -0.15) is 0 Å². The average molecular weight is 304 g/mol. The molecule has 0 aliphatic rings. The second-order valence-electron chi connectivity index (χ2n) is 5.21. The predicted molar refractivity (Wildman–Crippen MR) is 84.9 cm³/mol. The van der Waals surface area contributed by atoms with Crippen LogP contribution < -0.4 is 5.73 Å². The van der Waals surface area contributed by atoms with Gasteiger partial charge in [0.1, 0.15) is 11.6 Å². The van der Waals surface area contributed by atoms with E-state index in [0.29, 0.717) is 22.1 Å². The minimum atomic E-state index is -0.386. The maximum Gasteiger partial charge on any atom is 0.146 e. The maximum atomic E-state index is 14.2. The molecule has 3 nitrogen and oxygen atoms in total. The smallest absolute Gasteiger partial charge is 0.146 e. The summed E-state index contributed by atoms with van der Waals surface area (Å²) in [6.45, 7) is 4.01. The Morgan fingerprint density at radius 2 is 1.90 bits per heavy atom. The van der Waals surface area contributed by atoms with Gasteiger partial charge in [-0.3, -0.25) is 0 Å². The highest BCUT2D eigenvalue weighted by Crippen LogP contribution is 2.35. The molecule has 0 fully saturated rings. The molecule has 2 aromatic carbocycles. The highest BCUT2D eigenvalue weighted by atomic mass is 35.5. The third-order valence-corrected chi connectivity index (χ3v) is 3.75. The fourth-order valence-electron chi connectivity index (χ4n) is 2.56. The molecule has 0 radical (unpaired) electrons. The van der Waals surface area contributed by atoms with E-state index in [4.69, 9.17) is 17.3 Å². The number of fused-ring (bicyclic) bond motifs is 1. The lowest BCUT2D eigenvalue weighted by molar-refractivity contribution is 0.608. The molecular weight excluding hydrogens is 289 g/mol. The molecular formula is C16H15ClFN3. The zero-order valence-electron chi connectivity index (χ0n) is 11.8. The number of para-hydroxylation sites is 1. The van der Waals surface area contributed by atoms with Gasteiger partial charge in [0.15, 0.2) is 0 Å². The van der Waals surface area contributed by atoms with E-state index in [-0.39, 0.29) is 11.9 Å². The van der Waals surface area contributed by atoms with Crippen LogP contribution in [0.15, 0.2) is 36.4 Å². The van der Waals surface area contributed by atoms with E-state index in [1.54, 1.807) is 18.2 Å². The highest BCUT2D eigenvalue weighted by Gasteiger charge is 2.21. The number of imidazole rings is 1. The molecule has 0 aliphatic heterocycles. The lowest BCUT2D eigenvalue weighted by Gasteiger charge is -2.15. The summed E-state index contributed by atoms with van der Waals surface area (Å²) < 4.78 is 16.2. The van der Waals surface area contributed by atoms with Gasteiger partial charge in [-0.1, -0.05) is 23.7 Å². The molecule has 0 atom stereocenters. The quantitative estimate of drug-likeness (QED) is 0.700. The Morgan fingerprint density at radius 3 is 2.57 bits per heavy atom. The average Bonchev–Trinajstić information content (AvgIpc) is 2.79. The summed E-state index contributed by atoms with van der Waals surface area (Å²) in [5.41, 5.74) is 8.17. The highest BCUT2D eigenvalue weighted by molar-refractivity contribution is 6.35. The van der Waals surface area contributed by atoms with Gasteiger partial charge >= 0.3 is 0 Å². The number of hydrogen-bond acceptors (Lipinski definition) is 2. The molecule has 0 bridgehead atoms. The molecule has 0 amide bonds. The zero-order valence-corrected chi connectivity index (χ0v) is 12.5. The van der Waals surface area contributed by atoms with E-state index in [9.17, 15) is 4.39 Å². The number of benzene rings is 2. The molecule has 0 saturated heterocycles. The number of aromatic nitrogens is 2. The fraction of sp³-hybridized carbons (Fsp3) is 0.188. The summed E-state index contributed by atoms with van der Waals surface area (Å²) in [4.78, 5) is 4.55. The second kappa shape index (κ2) is 5.04. The van der Waals surface area contributed by atoms with Crippen molar-refractivity contribution >= 4 is 28.3 Å². The van der Waals surface area contributed by atoms with Crippen molar-refractivity contribution in [3.63, 3.8) is 0 Å². The van der Waals surface area contributed by atoms with Crippen LogP contribution in [0.25, 0.3) is 22.4 Å². The second-order valence-corrected chi connectivity index (χ2v) is 5.62. The van der Waals surface area contributed by atoms with Crippen molar-refractivity contribution in [1.82, 2.24) is 9.55 Å². The van der Waals surface area contributed by atoms with E-state index >= 15 is 0 Å². The predicted octanol–water partition coefficient (Wildman–Crippen LogP) is 4.66. The van der Waals surface area contributed by atoms with Gasteiger partial charge < -0.3 is 10.3 Å². The number of nitrogen functional groups attached to an aromatic ring is 1. The van der Waals surface area contributed by atoms with Crippen molar-refractivity contribution in [2.75, 3.05) is 5.73 Å². The first-order chi connectivity index (χ1) is 10.0. The van der Waals surface area contributed by atoms with Crippen molar-refractivity contribution in [3.05, 3.63) is 47.2 Å². The number of halogens is 2. The van der Waals surface area contributed by atoms with Crippen molar-refractivity contribution in [2.24, 2.45) is 0 Å². The lowest BCUT2D eigenvalue weighted by atomic mass is 10.1. The van der Waals surface area contributed by atoms with Gasteiger partial charge in [-0.15, -0.1) is 0 Å². The van der Waals surface area contributed by atoms with Crippen LogP contribution in [0, 0.1) is 5.82 Å². The van der Waals surface area contributed by atoms with Gasteiger partial charge in [0.25, 0.3) is 0 Å². The summed E-state index contributed by atoms with van der Waals surface area (Å²) >= 11 is 6.30. The normalized spacial score (nSPS) is 11.5. The fourth-order valence-corrected chi connectivity index (χ4v) is 2.82. The standard InChI is InChI=1S/C16H15ClFN3/c1-9(2)21-15-10(17)5-3-8-13(15)20-16(21)14-11(18)6-4-7-12(14)19/h3-9H,19H2,1-2H3. The number of nitrogens with zero attached hydrogens (tertiary/aromatic N) is 2. The van der Waals surface area contributed by atoms with Gasteiger partial charge in [-0.05, 0) is 38.1 Å². The van der Waals surface area contributed by atoms with Crippen LogP contribution in [0.5, 0.6) is 0 Å². The molecule has 3 aromatic rings. The first kappa shape index (κ1) is 13.9. The monoisotopic (exact) mass is 303 g/mol. The first-order valence-electron chi connectivity index (χ1n) is 6.71. The van der Waals surface area contributed by atoms with Crippen LogP contribution in [0.1, 0.15) is 19.9 Å². The van der Waals surface area contributed by atoms with E-state index in [1.165, 1.54) is 6.07 Å². The third-order valence-electron chi connectivity index (χ3n) is 3.45. The minimum Gasteiger partial charge on any atom is -0.398 e. The Balaban J connectivity index is 2.43. The summed E-state index contributed by atoms with van der Waals surface area (Å²) in [5, 5.41) is 0.592. The Labute approximate surface area is 127 Å². The van der Waals surface area contributed by atoms with Crippen LogP contribution in [0.4, 0.5) is 10.1 Å². The Kier molecular flexibility index (Phi) is 3.33. The number of hydrogen-bond donors (Lipinski definition) is 1. The molecule has 21 heavy (non-hydrogen) atoms. The molecule has 108 valence electrons. The Bertz CT molecular complexity index is 803. The van der Waals surface area contributed by atoms with Crippen molar-refractivity contribution in [3.8, 4) is 11.4 Å². The van der Waals surface area contributed by atoms with Crippen LogP contribution in [-0.4, -0.2) is 9.55 Å². The van der Waals surface area contributed by atoms with Crippen molar-refractivity contribution in [1.29, 1.82) is 0 Å². The van der Waals surface area contributed by atoms with E-state index < -0.39 is 0 Å². The summed E-state index contributed by atoms with van der Waals surface area (Å²) in [6.07, 6.45) is 0. The molecule has 0 spiro atoms. The SMILES string of the molecule is CC(C)n1c(-c2c(N)cccc2F)nc2cccc(Cl)c21. The molecule has 0 saturated carbocycles. The van der Waals surface area contributed by atoms with Gasteiger partial charge in [0, 0.05) is 11.7 Å². The van der Waals surface area contributed by atoms with Crippen LogP contribution in [0.2, 0.25) is 5.02 Å². The lowest BCUT2D eigenvalue weighted by Crippen LogP contribution is -2.06. The molecule has 1 aromatic heterocycles. The van der Waals surface area contributed by atoms with E-state index in [2.05, 4.69) is 4.98 Å². The topological polar surface area (TPSA) is 43.8 Å². The third kappa shape index (κ3) is 2.16. The Morgan fingerprint density at radius 1 is 1.19 bits per heavy atom. The summed E-state index contributed by atoms with van der Waals surface area (Å²) in [6, 6.07) is 10.2. The van der Waals surface area contributed by atoms with E-state index in [1.807, 2.05) is 30.5 Å². The molecule has 0 unspecified atom stereocenters. The number of rotatable bonds is 2. The van der Waals surface area contributed by atoms with Crippen LogP contribution in [0.3, 0.4) is 0 Å².